The monoisotopic (exact) mass is 143 g/mol. The lowest BCUT2D eigenvalue weighted by Crippen LogP contribution is -2.08. The molecule has 0 amide bonds. The van der Waals surface area contributed by atoms with Gasteiger partial charge in [0.15, 0.2) is 5.82 Å². The van der Waals surface area contributed by atoms with Crippen LogP contribution in [0.5, 0.6) is 0 Å². The van der Waals surface area contributed by atoms with Gasteiger partial charge in [0.05, 0.1) is 13.1 Å². The fourth-order valence-corrected chi connectivity index (χ4v) is 0.552. The van der Waals surface area contributed by atoms with Crippen molar-refractivity contribution in [2.24, 2.45) is 0 Å². The van der Waals surface area contributed by atoms with E-state index in [0.717, 1.165) is 0 Å². The van der Waals surface area contributed by atoms with Crippen molar-refractivity contribution in [3.63, 3.8) is 0 Å². The molecule has 0 radical (unpaired) electrons. The molecule has 1 aromatic rings. The highest BCUT2D eigenvalue weighted by Crippen LogP contribution is 1.83. The van der Waals surface area contributed by atoms with Gasteiger partial charge in [-0.05, 0) is 12.1 Å². The third-order valence-corrected chi connectivity index (χ3v) is 1.01. The highest BCUT2D eigenvalue weighted by Gasteiger charge is 1.97. The molecule has 0 bridgehead atoms. The predicted octanol–water partition coefficient (Wildman–Crippen LogP) is -0.828. The smallest absolute Gasteiger partial charge is 0.190 e. The fraction of sp³-hybridized carbons (Fsp3) is 0.750. The molecule has 0 aliphatic rings. The third-order valence-electron chi connectivity index (χ3n) is 1.01. The van der Waals surface area contributed by atoms with Gasteiger partial charge >= 0.3 is 0 Å². The van der Waals surface area contributed by atoms with E-state index in [1.54, 1.807) is 0 Å². The van der Waals surface area contributed by atoms with Crippen LogP contribution in [-0.2, 0) is 13.1 Å². The number of tetrazole rings is 1. The second-order valence-corrected chi connectivity index (χ2v) is 1.73. The van der Waals surface area contributed by atoms with Crippen molar-refractivity contribution >= 4 is 0 Å². The van der Waals surface area contributed by atoms with Gasteiger partial charge in [0.2, 0.25) is 0 Å². The van der Waals surface area contributed by atoms with E-state index in [-0.39, 0.29) is 6.54 Å². The number of aromatic nitrogens is 4. The van der Waals surface area contributed by atoms with Crippen molar-refractivity contribution in [3.05, 3.63) is 5.82 Å². The Bertz CT molecular complexity index is 197. The molecule has 56 valence electrons. The first-order valence-electron chi connectivity index (χ1n) is 3.00. The molecule has 0 saturated heterocycles. The zero-order chi connectivity index (χ0) is 7.40. The number of aryl methyl sites for hydroxylation is 1. The van der Waals surface area contributed by atoms with Gasteiger partial charge in [-0.15, -0.1) is 10.2 Å². The summed E-state index contributed by atoms with van der Waals surface area (Å²) < 4.78 is 0. The molecule has 1 rings (SSSR count). The van der Waals surface area contributed by atoms with Gasteiger partial charge in [0.25, 0.3) is 0 Å². The van der Waals surface area contributed by atoms with E-state index in [1.165, 1.54) is 4.80 Å². The van der Waals surface area contributed by atoms with Crippen LogP contribution >= 0.6 is 0 Å². The van der Waals surface area contributed by atoms with Crippen LogP contribution < -0.4 is 5.48 Å². The minimum absolute atomic E-state index is 0.236. The zero-order valence-electron chi connectivity index (χ0n) is 5.65. The van der Waals surface area contributed by atoms with Crippen molar-refractivity contribution in [2.75, 3.05) is 0 Å². The maximum atomic E-state index is 8.23. The van der Waals surface area contributed by atoms with Crippen molar-refractivity contribution < 1.29 is 5.21 Å². The Balaban J connectivity index is 2.59. The van der Waals surface area contributed by atoms with E-state index in [1.807, 2.05) is 12.4 Å². The Morgan fingerprint density at radius 2 is 2.50 bits per heavy atom. The summed E-state index contributed by atoms with van der Waals surface area (Å²) in [4.78, 5) is 1.45. The second kappa shape index (κ2) is 3.23. The van der Waals surface area contributed by atoms with Crippen LogP contribution in [0, 0.1) is 0 Å². The molecule has 0 atom stereocenters. The Morgan fingerprint density at radius 3 is 3.00 bits per heavy atom. The first-order valence-corrected chi connectivity index (χ1v) is 3.00. The van der Waals surface area contributed by atoms with Crippen LogP contribution in [0.2, 0.25) is 0 Å². The average molecular weight is 143 g/mol. The number of hydrogen-bond donors (Lipinski definition) is 2. The molecule has 6 nitrogen and oxygen atoms in total. The lowest BCUT2D eigenvalue weighted by atomic mass is 10.6. The number of nitrogens with zero attached hydrogens (tertiary/aromatic N) is 4. The van der Waals surface area contributed by atoms with Crippen LogP contribution in [-0.4, -0.2) is 25.4 Å². The normalized spacial score (nSPS) is 10.2. The fourth-order valence-electron chi connectivity index (χ4n) is 0.552. The molecule has 10 heavy (non-hydrogen) atoms. The van der Waals surface area contributed by atoms with Gasteiger partial charge in [0.1, 0.15) is 0 Å². The maximum Gasteiger partial charge on any atom is 0.190 e. The van der Waals surface area contributed by atoms with Gasteiger partial charge in [-0.3, -0.25) is 0 Å². The SMILES string of the molecule is CCn1nnc(CNO)n1. The summed E-state index contributed by atoms with van der Waals surface area (Å²) in [5.74, 6) is 0.490. The molecule has 0 fully saturated rings. The van der Waals surface area contributed by atoms with Gasteiger partial charge in [-0.2, -0.15) is 10.3 Å². The number of rotatable bonds is 3. The molecular weight excluding hydrogens is 134 g/mol. The molecule has 0 aliphatic heterocycles. The number of hydroxylamine groups is 1. The lowest BCUT2D eigenvalue weighted by Gasteiger charge is -1.87. The van der Waals surface area contributed by atoms with Crippen molar-refractivity contribution in [3.8, 4) is 0 Å². The molecule has 6 heteroatoms. The van der Waals surface area contributed by atoms with Crippen LogP contribution in [0.25, 0.3) is 0 Å². The van der Waals surface area contributed by atoms with Gasteiger partial charge in [-0.1, -0.05) is 0 Å². The molecule has 0 aliphatic carbocycles. The molecule has 1 heterocycles. The number of nitrogens with one attached hydrogen (secondary N) is 1. The predicted molar refractivity (Wildman–Crippen MR) is 32.1 cm³/mol. The summed E-state index contributed by atoms with van der Waals surface area (Å²) >= 11 is 0. The van der Waals surface area contributed by atoms with Crippen LogP contribution in [0.3, 0.4) is 0 Å². The van der Waals surface area contributed by atoms with E-state index >= 15 is 0 Å². The van der Waals surface area contributed by atoms with E-state index in [2.05, 4.69) is 15.4 Å². The molecule has 2 N–H and O–H groups in total. The molecule has 0 spiro atoms. The minimum atomic E-state index is 0.236. The summed E-state index contributed by atoms with van der Waals surface area (Å²) in [7, 11) is 0. The molecule has 0 aromatic carbocycles. The van der Waals surface area contributed by atoms with Crippen LogP contribution in [0.4, 0.5) is 0 Å². The highest BCUT2D eigenvalue weighted by molar-refractivity contribution is 4.72. The maximum absolute atomic E-state index is 8.23. The van der Waals surface area contributed by atoms with Crippen molar-refractivity contribution in [1.29, 1.82) is 0 Å². The quantitative estimate of drug-likeness (QED) is 0.540. The zero-order valence-corrected chi connectivity index (χ0v) is 5.65. The summed E-state index contributed by atoms with van der Waals surface area (Å²) in [5.41, 5.74) is 1.94. The van der Waals surface area contributed by atoms with Crippen LogP contribution in [0.1, 0.15) is 12.7 Å². The third kappa shape index (κ3) is 1.49. The largest absolute Gasteiger partial charge is 0.316 e. The Hall–Kier alpha value is -1.01. The summed E-state index contributed by atoms with van der Waals surface area (Å²) in [6.07, 6.45) is 0. The topological polar surface area (TPSA) is 75.9 Å². The highest BCUT2D eigenvalue weighted by atomic mass is 16.5. The van der Waals surface area contributed by atoms with Crippen molar-refractivity contribution in [2.45, 2.75) is 20.0 Å². The molecular formula is C4H9N5O. The molecule has 0 unspecified atom stereocenters. The Morgan fingerprint density at radius 1 is 1.70 bits per heavy atom. The molecule has 0 saturated carbocycles. The molecule has 1 aromatic heterocycles. The van der Waals surface area contributed by atoms with Crippen LogP contribution in [0.15, 0.2) is 0 Å². The van der Waals surface area contributed by atoms with Gasteiger partial charge in [-0.25, -0.2) is 0 Å². The summed E-state index contributed by atoms with van der Waals surface area (Å²) in [6, 6.07) is 0. The number of hydrogen-bond acceptors (Lipinski definition) is 5. The first-order chi connectivity index (χ1) is 4.86. The second-order valence-electron chi connectivity index (χ2n) is 1.73. The summed E-state index contributed by atoms with van der Waals surface area (Å²) in [5, 5.41) is 19.4. The summed E-state index contributed by atoms with van der Waals surface area (Å²) in [6.45, 7) is 2.84. The Kier molecular flexibility index (Phi) is 2.30. The van der Waals surface area contributed by atoms with Crippen molar-refractivity contribution in [1.82, 2.24) is 25.7 Å². The standard InChI is InChI=1S/C4H9N5O/c1-2-9-7-4(3-5-10)6-8-9/h5,10H,2-3H2,1H3. The van der Waals surface area contributed by atoms with Gasteiger partial charge in [0, 0.05) is 0 Å². The van der Waals surface area contributed by atoms with Gasteiger partial charge < -0.3 is 5.21 Å². The van der Waals surface area contributed by atoms with E-state index in [9.17, 15) is 0 Å². The Labute approximate surface area is 57.8 Å². The van der Waals surface area contributed by atoms with E-state index in [4.69, 9.17) is 5.21 Å². The first kappa shape index (κ1) is 7.10. The van der Waals surface area contributed by atoms with E-state index < -0.39 is 0 Å². The average Bonchev–Trinajstić information content (AvgIpc) is 2.37. The minimum Gasteiger partial charge on any atom is -0.316 e. The van der Waals surface area contributed by atoms with E-state index in [0.29, 0.717) is 12.4 Å². The lowest BCUT2D eigenvalue weighted by molar-refractivity contribution is 0.158.